The topological polar surface area (TPSA) is 62.1 Å². The maximum Gasteiger partial charge on any atom is 0.255 e. The normalized spacial score (nSPS) is 9.92. The summed E-state index contributed by atoms with van der Waals surface area (Å²) in [6.07, 6.45) is 0. The van der Waals surface area contributed by atoms with Gasteiger partial charge < -0.3 is 10.1 Å². The van der Waals surface area contributed by atoms with Gasteiger partial charge in [-0.1, -0.05) is 29.8 Å². The van der Waals surface area contributed by atoms with Gasteiger partial charge in [0, 0.05) is 10.6 Å². The summed E-state index contributed by atoms with van der Waals surface area (Å²) in [5.74, 6) is 0.820. The van der Waals surface area contributed by atoms with Crippen molar-refractivity contribution in [2.24, 2.45) is 0 Å². The molecule has 0 spiro atoms. The number of nitrogens with one attached hydrogen (secondary N) is 1. The van der Waals surface area contributed by atoms with Crippen LogP contribution in [0.3, 0.4) is 0 Å². The summed E-state index contributed by atoms with van der Waals surface area (Å²) in [4.78, 5) is 12.4. The van der Waals surface area contributed by atoms with Crippen LogP contribution in [0.25, 0.3) is 0 Å². The highest BCUT2D eigenvalue weighted by molar-refractivity contribution is 6.31. The molecule has 0 aliphatic heterocycles. The van der Waals surface area contributed by atoms with Gasteiger partial charge in [-0.25, -0.2) is 0 Å². The van der Waals surface area contributed by atoms with Crippen molar-refractivity contribution < 1.29 is 9.53 Å². The average molecular weight is 349 g/mol. The number of hydrogen-bond donors (Lipinski definition) is 1. The molecule has 3 aromatic rings. The number of nitrogens with zero attached hydrogens (tertiary/aromatic N) is 1. The molecule has 4 nitrogen and oxygen atoms in total. The number of amides is 1. The number of benzene rings is 3. The van der Waals surface area contributed by atoms with E-state index in [0.717, 1.165) is 0 Å². The number of rotatable bonds is 4. The van der Waals surface area contributed by atoms with Crippen LogP contribution in [0.1, 0.15) is 15.9 Å². The van der Waals surface area contributed by atoms with Crippen LogP contribution in [0.15, 0.2) is 72.8 Å². The van der Waals surface area contributed by atoms with Gasteiger partial charge in [0.25, 0.3) is 5.91 Å². The second-order valence-electron chi connectivity index (χ2n) is 5.20. The number of nitriles is 1. The van der Waals surface area contributed by atoms with Crippen LogP contribution in [0.4, 0.5) is 5.69 Å². The van der Waals surface area contributed by atoms with Gasteiger partial charge in [-0.3, -0.25) is 4.79 Å². The fraction of sp³-hybridized carbons (Fsp3) is 0. The number of para-hydroxylation sites is 1. The third kappa shape index (κ3) is 4.17. The molecule has 0 bridgehead atoms. The standard InChI is InChI=1S/C20H13ClN2O2/c21-16-10-11-19(25-17-4-2-1-3-5-17)18(12-16)23-20(24)15-8-6-14(13-22)7-9-15/h1-12H,(H,23,24). The van der Waals surface area contributed by atoms with Gasteiger partial charge >= 0.3 is 0 Å². The van der Waals surface area contributed by atoms with E-state index in [1.54, 1.807) is 42.5 Å². The smallest absolute Gasteiger partial charge is 0.255 e. The lowest BCUT2D eigenvalue weighted by Crippen LogP contribution is -2.12. The van der Waals surface area contributed by atoms with E-state index in [2.05, 4.69) is 5.32 Å². The molecule has 0 aromatic heterocycles. The molecule has 3 aromatic carbocycles. The summed E-state index contributed by atoms with van der Waals surface area (Å²) < 4.78 is 5.82. The molecule has 1 N–H and O–H groups in total. The zero-order valence-corrected chi connectivity index (χ0v) is 13.8. The van der Waals surface area contributed by atoms with Crippen LogP contribution in [0, 0.1) is 11.3 Å². The summed E-state index contributed by atoms with van der Waals surface area (Å²) >= 11 is 6.05. The predicted molar refractivity (Wildman–Crippen MR) is 97.1 cm³/mol. The number of anilines is 1. The van der Waals surface area contributed by atoms with E-state index < -0.39 is 0 Å². The lowest BCUT2D eigenvalue weighted by atomic mass is 10.1. The largest absolute Gasteiger partial charge is 0.455 e. The minimum atomic E-state index is -0.315. The molecule has 0 unspecified atom stereocenters. The first-order chi connectivity index (χ1) is 12.2. The molecule has 0 atom stereocenters. The van der Waals surface area contributed by atoms with Gasteiger partial charge in [0.15, 0.2) is 5.75 Å². The third-order valence-electron chi connectivity index (χ3n) is 3.44. The Kier molecular flexibility index (Phi) is 4.98. The summed E-state index contributed by atoms with van der Waals surface area (Å²) in [6, 6.07) is 22.7. The van der Waals surface area contributed by atoms with E-state index in [1.807, 2.05) is 36.4 Å². The third-order valence-corrected chi connectivity index (χ3v) is 3.67. The summed E-state index contributed by atoms with van der Waals surface area (Å²) in [5.41, 5.74) is 1.39. The Morgan fingerprint density at radius 1 is 1.00 bits per heavy atom. The first-order valence-electron chi connectivity index (χ1n) is 7.50. The Morgan fingerprint density at radius 2 is 1.72 bits per heavy atom. The maximum absolute atomic E-state index is 12.4. The van der Waals surface area contributed by atoms with Crippen LogP contribution in [-0.4, -0.2) is 5.91 Å². The monoisotopic (exact) mass is 348 g/mol. The molecule has 0 fully saturated rings. The van der Waals surface area contributed by atoms with Crippen molar-refractivity contribution in [3.05, 3.63) is 88.9 Å². The SMILES string of the molecule is N#Cc1ccc(C(=O)Nc2cc(Cl)ccc2Oc2ccccc2)cc1. The predicted octanol–water partition coefficient (Wildman–Crippen LogP) is 5.26. The van der Waals surface area contributed by atoms with Crippen molar-refractivity contribution in [3.63, 3.8) is 0 Å². The van der Waals surface area contributed by atoms with E-state index in [1.165, 1.54) is 0 Å². The molecule has 25 heavy (non-hydrogen) atoms. The number of carbonyl (C=O) groups excluding carboxylic acids is 1. The summed E-state index contributed by atoms with van der Waals surface area (Å²) in [7, 11) is 0. The highest BCUT2D eigenvalue weighted by Gasteiger charge is 2.12. The Labute approximate surface area is 150 Å². The number of carbonyl (C=O) groups is 1. The number of halogens is 1. The molecule has 0 aliphatic rings. The van der Waals surface area contributed by atoms with E-state index >= 15 is 0 Å². The minimum Gasteiger partial charge on any atom is -0.455 e. The van der Waals surface area contributed by atoms with Crippen LogP contribution < -0.4 is 10.1 Å². The molecular weight excluding hydrogens is 336 g/mol. The van der Waals surface area contributed by atoms with Crippen LogP contribution in [0.2, 0.25) is 5.02 Å². The molecule has 0 aliphatic carbocycles. The molecule has 122 valence electrons. The van der Waals surface area contributed by atoms with Crippen molar-refractivity contribution in [2.45, 2.75) is 0 Å². The van der Waals surface area contributed by atoms with Crippen molar-refractivity contribution in [2.75, 3.05) is 5.32 Å². The average Bonchev–Trinajstić information content (AvgIpc) is 2.65. The van der Waals surface area contributed by atoms with Crippen molar-refractivity contribution in [1.82, 2.24) is 0 Å². The number of ether oxygens (including phenoxy) is 1. The molecule has 5 heteroatoms. The molecular formula is C20H13ClN2O2. The minimum absolute atomic E-state index is 0.315. The van der Waals surface area contributed by atoms with Crippen LogP contribution >= 0.6 is 11.6 Å². The van der Waals surface area contributed by atoms with Gasteiger partial charge in [0.2, 0.25) is 0 Å². The highest BCUT2D eigenvalue weighted by atomic mass is 35.5. The Bertz CT molecular complexity index is 932. The molecule has 0 heterocycles. The second-order valence-corrected chi connectivity index (χ2v) is 5.64. The fourth-order valence-electron chi connectivity index (χ4n) is 2.20. The van der Waals surface area contributed by atoms with E-state index in [9.17, 15) is 4.79 Å². The van der Waals surface area contributed by atoms with Crippen LogP contribution in [0.5, 0.6) is 11.5 Å². The van der Waals surface area contributed by atoms with Crippen molar-refractivity contribution in [1.29, 1.82) is 5.26 Å². The van der Waals surface area contributed by atoms with Gasteiger partial charge in [-0.05, 0) is 54.6 Å². The fourth-order valence-corrected chi connectivity index (χ4v) is 2.37. The maximum atomic E-state index is 12.4. The molecule has 0 radical (unpaired) electrons. The molecule has 1 amide bonds. The Morgan fingerprint density at radius 3 is 2.40 bits per heavy atom. The number of hydrogen-bond acceptors (Lipinski definition) is 3. The van der Waals surface area contributed by atoms with Crippen LogP contribution in [-0.2, 0) is 0 Å². The van der Waals surface area contributed by atoms with Gasteiger partial charge in [0.1, 0.15) is 5.75 Å². The van der Waals surface area contributed by atoms with E-state index in [0.29, 0.717) is 33.3 Å². The van der Waals surface area contributed by atoms with E-state index in [-0.39, 0.29) is 5.91 Å². The molecule has 0 saturated carbocycles. The zero-order chi connectivity index (χ0) is 17.6. The summed E-state index contributed by atoms with van der Waals surface area (Å²) in [5, 5.41) is 12.1. The Hall–Kier alpha value is -3.29. The van der Waals surface area contributed by atoms with Gasteiger partial charge in [-0.2, -0.15) is 5.26 Å². The quantitative estimate of drug-likeness (QED) is 0.699. The second kappa shape index (κ2) is 7.52. The van der Waals surface area contributed by atoms with Crippen molar-refractivity contribution >= 4 is 23.2 Å². The highest BCUT2D eigenvalue weighted by Crippen LogP contribution is 2.32. The molecule has 0 saturated heterocycles. The Balaban J connectivity index is 1.84. The zero-order valence-electron chi connectivity index (χ0n) is 13.1. The first-order valence-corrected chi connectivity index (χ1v) is 7.87. The first kappa shape index (κ1) is 16.6. The molecule has 3 rings (SSSR count). The van der Waals surface area contributed by atoms with Crippen molar-refractivity contribution in [3.8, 4) is 17.6 Å². The van der Waals surface area contributed by atoms with Gasteiger partial charge in [0.05, 0.1) is 17.3 Å². The lowest BCUT2D eigenvalue weighted by molar-refractivity contribution is 0.102. The summed E-state index contributed by atoms with van der Waals surface area (Å²) in [6.45, 7) is 0. The van der Waals surface area contributed by atoms with E-state index in [4.69, 9.17) is 21.6 Å². The lowest BCUT2D eigenvalue weighted by Gasteiger charge is -2.13. The van der Waals surface area contributed by atoms with Gasteiger partial charge in [-0.15, -0.1) is 0 Å².